The van der Waals surface area contributed by atoms with Gasteiger partial charge in [-0.15, -0.1) is 0 Å². The SMILES string of the molecule is CN(C)S(=O)(=O)c1c(Cl)ccc(Nc2c(NC3CCCC4=C3C=CC4)c(=O)c2=O)c1O. The summed E-state index contributed by atoms with van der Waals surface area (Å²) in [4.78, 5) is 24.0. The number of phenolic OH excluding ortho intramolecular Hbond substituents is 1. The second-order valence-electron chi connectivity index (χ2n) is 7.85. The molecule has 31 heavy (non-hydrogen) atoms. The van der Waals surface area contributed by atoms with Crippen LogP contribution >= 0.6 is 11.6 Å². The summed E-state index contributed by atoms with van der Waals surface area (Å²) in [5.41, 5.74) is 1.20. The van der Waals surface area contributed by atoms with E-state index in [1.54, 1.807) is 0 Å². The van der Waals surface area contributed by atoms with Gasteiger partial charge in [-0.25, -0.2) is 12.7 Å². The molecule has 0 saturated carbocycles. The summed E-state index contributed by atoms with van der Waals surface area (Å²) in [6, 6.07) is 2.59. The lowest BCUT2D eigenvalue weighted by Crippen LogP contribution is -2.40. The van der Waals surface area contributed by atoms with Crippen LogP contribution < -0.4 is 21.5 Å². The molecule has 0 bridgehead atoms. The highest BCUT2D eigenvalue weighted by molar-refractivity contribution is 7.89. The van der Waals surface area contributed by atoms with E-state index in [9.17, 15) is 23.1 Å². The van der Waals surface area contributed by atoms with E-state index in [4.69, 9.17) is 11.6 Å². The zero-order valence-corrected chi connectivity index (χ0v) is 18.6. The lowest BCUT2D eigenvalue weighted by molar-refractivity contribution is 0.455. The normalized spacial score (nSPS) is 18.6. The predicted octanol–water partition coefficient (Wildman–Crippen LogP) is 2.86. The molecule has 2 aromatic carbocycles. The first-order valence-corrected chi connectivity index (χ1v) is 11.6. The fraction of sp³-hybridized carbons (Fsp3) is 0.333. The van der Waals surface area contributed by atoms with Gasteiger partial charge in [-0.05, 0) is 43.4 Å². The van der Waals surface area contributed by atoms with Crippen molar-refractivity contribution in [2.45, 2.75) is 36.6 Å². The number of phenols is 1. The average Bonchev–Trinajstić information content (AvgIpc) is 3.21. The van der Waals surface area contributed by atoms with Crippen LogP contribution in [0.15, 0.2) is 49.9 Å². The minimum Gasteiger partial charge on any atom is -0.504 e. The molecule has 1 unspecified atom stereocenters. The topological polar surface area (TPSA) is 116 Å². The van der Waals surface area contributed by atoms with Crippen molar-refractivity contribution in [3.8, 4) is 5.75 Å². The van der Waals surface area contributed by atoms with Crippen molar-refractivity contribution in [1.82, 2.24) is 4.31 Å². The Kier molecular flexibility index (Phi) is 5.45. The van der Waals surface area contributed by atoms with Crippen LogP contribution in [-0.2, 0) is 10.0 Å². The molecule has 0 saturated heterocycles. The Morgan fingerprint density at radius 2 is 1.87 bits per heavy atom. The number of nitrogens with zero attached hydrogens (tertiary/aromatic N) is 1. The number of benzene rings is 1. The Labute approximate surface area is 184 Å². The smallest absolute Gasteiger partial charge is 0.253 e. The van der Waals surface area contributed by atoms with Gasteiger partial charge in [-0.2, -0.15) is 0 Å². The third-order valence-corrected chi connectivity index (χ3v) is 8.05. The Morgan fingerprint density at radius 1 is 1.16 bits per heavy atom. The summed E-state index contributed by atoms with van der Waals surface area (Å²) >= 11 is 6.02. The summed E-state index contributed by atoms with van der Waals surface area (Å²) in [5.74, 6) is -0.624. The monoisotopic (exact) mass is 463 g/mol. The molecule has 0 radical (unpaired) electrons. The van der Waals surface area contributed by atoms with E-state index in [1.165, 1.54) is 31.8 Å². The summed E-state index contributed by atoms with van der Waals surface area (Å²) in [6.07, 6.45) is 7.89. The standard InChI is InChI=1S/C21H22ClN3O5S/c1-25(2)31(29,30)21-13(22)9-10-15(18(21)26)24-17-16(19(27)20(17)28)23-14-8-4-6-11-5-3-7-12(11)14/h3,7,9-10,14,23-24,26H,4-6,8H2,1-2H3. The Balaban J connectivity index is 1.67. The molecule has 0 aliphatic heterocycles. The number of anilines is 3. The maximum absolute atomic E-state index is 12.5. The Bertz CT molecular complexity index is 1300. The molecule has 0 fully saturated rings. The number of hydrogen-bond donors (Lipinski definition) is 3. The minimum atomic E-state index is -4.04. The first-order valence-electron chi connectivity index (χ1n) is 9.82. The maximum atomic E-state index is 12.5. The minimum absolute atomic E-state index is 0.00877. The second kappa shape index (κ2) is 7.81. The van der Waals surface area contributed by atoms with Crippen LogP contribution in [0.25, 0.3) is 0 Å². The van der Waals surface area contributed by atoms with Crippen molar-refractivity contribution in [1.29, 1.82) is 0 Å². The lowest BCUT2D eigenvalue weighted by atomic mass is 9.89. The van der Waals surface area contributed by atoms with Crippen LogP contribution in [0.3, 0.4) is 0 Å². The molecule has 10 heteroatoms. The number of aromatic hydroxyl groups is 1. The zero-order valence-electron chi connectivity index (χ0n) is 17.0. The van der Waals surface area contributed by atoms with E-state index in [-0.39, 0.29) is 28.1 Å². The van der Waals surface area contributed by atoms with Gasteiger partial charge < -0.3 is 15.7 Å². The number of hydrogen-bond acceptors (Lipinski definition) is 7. The molecule has 4 rings (SSSR count). The summed E-state index contributed by atoms with van der Waals surface area (Å²) in [6.45, 7) is 0. The Morgan fingerprint density at radius 3 is 2.58 bits per heavy atom. The summed E-state index contributed by atoms with van der Waals surface area (Å²) < 4.78 is 26.0. The van der Waals surface area contributed by atoms with Gasteiger partial charge in [0.2, 0.25) is 10.0 Å². The van der Waals surface area contributed by atoms with Crippen LogP contribution in [0.2, 0.25) is 5.02 Å². The quantitative estimate of drug-likeness (QED) is 0.445. The summed E-state index contributed by atoms with van der Waals surface area (Å²) in [7, 11) is -1.41. The van der Waals surface area contributed by atoms with Crippen molar-refractivity contribution in [2.24, 2.45) is 0 Å². The molecule has 164 valence electrons. The molecule has 0 aromatic heterocycles. The molecule has 2 aliphatic rings. The fourth-order valence-electron chi connectivity index (χ4n) is 4.03. The van der Waals surface area contributed by atoms with E-state index in [0.717, 1.165) is 35.6 Å². The Hall–Kier alpha value is -2.62. The zero-order chi connectivity index (χ0) is 22.5. The van der Waals surface area contributed by atoms with Crippen molar-refractivity contribution in [3.05, 3.63) is 60.9 Å². The molecule has 0 spiro atoms. The third-order valence-electron chi connectivity index (χ3n) is 5.73. The van der Waals surface area contributed by atoms with Crippen LogP contribution in [0.4, 0.5) is 17.1 Å². The highest BCUT2D eigenvalue weighted by Crippen LogP contribution is 2.40. The number of rotatable bonds is 6. The highest BCUT2D eigenvalue weighted by Gasteiger charge is 2.31. The average molecular weight is 464 g/mol. The van der Waals surface area contributed by atoms with Crippen molar-refractivity contribution in [3.63, 3.8) is 0 Å². The number of allylic oxidation sites excluding steroid dienone is 2. The third kappa shape index (κ3) is 3.56. The molecule has 0 heterocycles. The van der Waals surface area contributed by atoms with Gasteiger partial charge in [-0.3, -0.25) is 9.59 Å². The lowest BCUT2D eigenvalue weighted by Gasteiger charge is -2.28. The molecular weight excluding hydrogens is 442 g/mol. The van der Waals surface area contributed by atoms with E-state index >= 15 is 0 Å². The van der Waals surface area contributed by atoms with E-state index in [2.05, 4.69) is 16.7 Å². The van der Waals surface area contributed by atoms with Gasteiger partial charge in [0.1, 0.15) is 16.3 Å². The summed E-state index contributed by atoms with van der Waals surface area (Å²) in [5, 5.41) is 16.3. The largest absolute Gasteiger partial charge is 0.504 e. The van der Waals surface area contributed by atoms with Gasteiger partial charge in [0, 0.05) is 14.1 Å². The van der Waals surface area contributed by atoms with Crippen LogP contribution in [0, 0.1) is 0 Å². The van der Waals surface area contributed by atoms with Gasteiger partial charge >= 0.3 is 0 Å². The molecule has 3 N–H and O–H groups in total. The van der Waals surface area contributed by atoms with Gasteiger partial charge in [0.25, 0.3) is 10.9 Å². The van der Waals surface area contributed by atoms with Crippen molar-refractivity contribution in [2.75, 3.05) is 24.7 Å². The van der Waals surface area contributed by atoms with E-state index < -0.39 is 31.5 Å². The van der Waals surface area contributed by atoms with Gasteiger partial charge in [0.15, 0.2) is 5.75 Å². The van der Waals surface area contributed by atoms with Gasteiger partial charge in [0.05, 0.1) is 16.8 Å². The van der Waals surface area contributed by atoms with Gasteiger partial charge in [-0.1, -0.05) is 29.3 Å². The van der Waals surface area contributed by atoms with Crippen molar-refractivity contribution >= 4 is 38.7 Å². The molecule has 8 nitrogen and oxygen atoms in total. The van der Waals surface area contributed by atoms with E-state index in [0.29, 0.717) is 0 Å². The maximum Gasteiger partial charge on any atom is 0.253 e. The van der Waals surface area contributed by atoms with Crippen LogP contribution in [-0.4, -0.2) is 38.0 Å². The molecular formula is C21H22ClN3O5S. The number of halogens is 1. The first kappa shape index (κ1) is 21.6. The molecule has 2 aromatic rings. The second-order valence-corrected chi connectivity index (χ2v) is 10.3. The number of sulfonamides is 1. The molecule has 1 atom stereocenters. The van der Waals surface area contributed by atoms with E-state index in [1.807, 2.05) is 6.08 Å². The molecule has 2 aliphatic carbocycles. The molecule has 0 amide bonds. The number of nitrogens with one attached hydrogen (secondary N) is 2. The van der Waals surface area contributed by atoms with Crippen LogP contribution in [0.1, 0.15) is 25.7 Å². The fourth-order valence-corrected chi connectivity index (χ4v) is 5.51. The first-order chi connectivity index (χ1) is 14.6. The van der Waals surface area contributed by atoms with Crippen molar-refractivity contribution < 1.29 is 13.5 Å². The van der Waals surface area contributed by atoms with Crippen LogP contribution in [0.5, 0.6) is 5.75 Å². The highest BCUT2D eigenvalue weighted by atomic mass is 35.5. The predicted molar refractivity (Wildman–Crippen MR) is 121 cm³/mol.